The number of pyridine rings is 1. The van der Waals surface area contributed by atoms with Crippen LogP contribution in [-0.4, -0.2) is 12.0 Å². The van der Waals surface area contributed by atoms with Gasteiger partial charge in [-0.3, -0.25) is 4.98 Å². The molecular formula is C15H20N2. The molecule has 0 fully saturated rings. The molecule has 0 radical (unpaired) electrons. The zero-order chi connectivity index (χ0) is 12.4. The van der Waals surface area contributed by atoms with Crippen LogP contribution in [0.3, 0.4) is 0 Å². The fourth-order valence-corrected chi connectivity index (χ4v) is 2.12. The zero-order valence-electron chi connectivity index (χ0n) is 11.0. The number of benzene rings is 1. The van der Waals surface area contributed by atoms with E-state index in [4.69, 9.17) is 0 Å². The Kier molecular flexibility index (Phi) is 3.32. The number of hydrogen-bond donors (Lipinski definition) is 1. The van der Waals surface area contributed by atoms with Crippen LogP contribution in [-0.2, 0) is 0 Å². The van der Waals surface area contributed by atoms with Gasteiger partial charge in [0.25, 0.3) is 0 Å². The molecule has 1 atom stereocenters. The van der Waals surface area contributed by atoms with Gasteiger partial charge in [0.15, 0.2) is 0 Å². The lowest BCUT2D eigenvalue weighted by molar-refractivity contribution is 0.734. The maximum absolute atomic E-state index is 4.57. The van der Waals surface area contributed by atoms with E-state index >= 15 is 0 Å². The van der Waals surface area contributed by atoms with E-state index in [-0.39, 0.29) is 0 Å². The van der Waals surface area contributed by atoms with Crippen molar-refractivity contribution < 1.29 is 0 Å². The lowest BCUT2D eigenvalue weighted by Gasteiger charge is -2.12. The average molecular weight is 228 g/mol. The van der Waals surface area contributed by atoms with Gasteiger partial charge in [-0.2, -0.15) is 0 Å². The van der Waals surface area contributed by atoms with Crippen molar-refractivity contribution in [2.24, 2.45) is 0 Å². The Labute approximate surface area is 103 Å². The molecule has 1 unspecified atom stereocenters. The monoisotopic (exact) mass is 228 g/mol. The Hall–Kier alpha value is -1.57. The van der Waals surface area contributed by atoms with Gasteiger partial charge in [-0.15, -0.1) is 0 Å². The molecule has 1 heterocycles. The van der Waals surface area contributed by atoms with Gasteiger partial charge in [-0.05, 0) is 43.0 Å². The first-order chi connectivity index (χ1) is 8.15. The summed E-state index contributed by atoms with van der Waals surface area (Å²) >= 11 is 0. The number of nitrogens with zero attached hydrogens (tertiary/aromatic N) is 1. The van der Waals surface area contributed by atoms with Crippen molar-refractivity contribution in [2.75, 3.05) is 12.4 Å². The van der Waals surface area contributed by atoms with Gasteiger partial charge in [0.05, 0.1) is 5.52 Å². The lowest BCUT2D eigenvalue weighted by Crippen LogP contribution is -1.96. The predicted molar refractivity (Wildman–Crippen MR) is 74.7 cm³/mol. The summed E-state index contributed by atoms with van der Waals surface area (Å²) < 4.78 is 0. The normalized spacial score (nSPS) is 12.7. The lowest BCUT2D eigenvalue weighted by atomic mass is 9.96. The van der Waals surface area contributed by atoms with E-state index < -0.39 is 0 Å². The summed E-state index contributed by atoms with van der Waals surface area (Å²) in [6.07, 6.45) is 1.17. The number of aryl methyl sites for hydroxylation is 1. The van der Waals surface area contributed by atoms with E-state index in [0.29, 0.717) is 5.92 Å². The molecule has 0 aliphatic carbocycles. The molecule has 1 aromatic heterocycles. The smallest absolute Gasteiger partial charge is 0.0726 e. The van der Waals surface area contributed by atoms with Gasteiger partial charge in [0.1, 0.15) is 0 Å². The van der Waals surface area contributed by atoms with Crippen molar-refractivity contribution in [3.05, 3.63) is 35.5 Å². The first-order valence-electron chi connectivity index (χ1n) is 6.24. The summed E-state index contributed by atoms with van der Waals surface area (Å²) in [5, 5.41) is 4.47. The maximum atomic E-state index is 4.57. The minimum Gasteiger partial charge on any atom is -0.388 e. The summed E-state index contributed by atoms with van der Waals surface area (Å²) in [6.45, 7) is 6.52. The second-order valence-corrected chi connectivity index (χ2v) is 4.65. The molecule has 1 N–H and O–H groups in total. The molecule has 17 heavy (non-hydrogen) atoms. The molecule has 0 aliphatic rings. The van der Waals surface area contributed by atoms with E-state index in [2.05, 4.69) is 48.4 Å². The molecule has 2 heteroatoms. The molecule has 0 saturated carbocycles. The summed E-state index contributed by atoms with van der Waals surface area (Å²) in [7, 11) is 1.96. The third kappa shape index (κ3) is 2.26. The van der Waals surface area contributed by atoms with Crippen LogP contribution in [0.1, 0.15) is 37.4 Å². The molecule has 0 saturated heterocycles. The quantitative estimate of drug-likeness (QED) is 0.855. The van der Waals surface area contributed by atoms with Crippen LogP contribution in [0.5, 0.6) is 0 Å². The first kappa shape index (κ1) is 11.9. The summed E-state index contributed by atoms with van der Waals surface area (Å²) in [4.78, 5) is 4.57. The van der Waals surface area contributed by atoms with Crippen molar-refractivity contribution in [1.82, 2.24) is 4.98 Å². The number of hydrogen-bond acceptors (Lipinski definition) is 2. The third-order valence-electron chi connectivity index (χ3n) is 3.41. The van der Waals surface area contributed by atoms with Gasteiger partial charge >= 0.3 is 0 Å². The number of rotatable bonds is 3. The highest BCUT2D eigenvalue weighted by atomic mass is 14.8. The molecule has 0 aliphatic heterocycles. The highest BCUT2D eigenvalue weighted by Crippen LogP contribution is 2.27. The van der Waals surface area contributed by atoms with Gasteiger partial charge in [-0.25, -0.2) is 0 Å². The highest BCUT2D eigenvalue weighted by Gasteiger charge is 2.07. The van der Waals surface area contributed by atoms with Crippen LogP contribution < -0.4 is 5.32 Å². The van der Waals surface area contributed by atoms with Crippen molar-refractivity contribution in [1.29, 1.82) is 0 Å². The molecule has 0 spiro atoms. The van der Waals surface area contributed by atoms with Gasteiger partial charge < -0.3 is 5.32 Å². The molecule has 1 aromatic carbocycles. The minimum atomic E-state index is 0.602. The average Bonchev–Trinajstić information content (AvgIpc) is 2.36. The Morgan fingerprint density at radius 2 is 2.06 bits per heavy atom. The Balaban J connectivity index is 2.63. The van der Waals surface area contributed by atoms with E-state index in [9.17, 15) is 0 Å². The van der Waals surface area contributed by atoms with Crippen molar-refractivity contribution in [3.8, 4) is 0 Å². The number of anilines is 1. The Morgan fingerprint density at radius 3 is 2.71 bits per heavy atom. The fraction of sp³-hybridized carbons (Fsp3) is 0.400. The van der Waals surface area contributed by atoms with E-state index in [1.807, 2.05) is 14.0 Å². The SMILES string of the molecule is CCC(C)c1ccc2nc(C)cc(NC)c2c1. The molecule has 2 aromatic rings. The third-order valence-corrected chi connectivity index (χ3v) is 3.41. The zero-order valence-corrected chi connectivity index (χ0v) is 11.0. The predicted octanol–water partition coefficient (Wildman–Crippen LogP) is 4.10. The maximum Gasteiger partial charge on any atom is 0.0726 e. The first-order valence-corrected chi connectivity index (χ1v) is 6.24. The largest absolute Gasteiger partial charge is 0.388 e. The second kappa shape index (κ2) is 4.74. The standard InChI is InChI=1S/C15H20N2/c1-5-10(2)12-6-7-14-13(9-12)15(16-4)8-11(3)17-14/h6-10H,5H2,1-4H3,(H,16,17). The van der Waals surface area contributed by atoms with E-state index in [1.165, 1.54) is 17.4 Å². The Morgan fingerprint density at radius 1 is 1.29 bits per heavy atom. The number of aromatic nitrogens is 1. The number of fused-ring (bicyclic) bond motifs is 1. The fourth-order valence-electron chi connectivity index (χ4n) is 2.12. The van der Waals surface area contributed by atoms with E-state index in [1.54, 1.807) is 0 Å². The molecular weight excluding hydrogens is 208 g/mol. The summed E-state index contributed by atoms with van der Waals surface area (Å²) in [5.41, 5.74) is 4.68. The molecule has 2 nitrogen and oxygen atoms in total. The van der Waals surface area contributed by atoms with Gasteiger partial charge in [0, 0.05) is 23.8 Å². The molecule has 2 rings (SSSR count). The van der Waals surface area contributed by atoms with Crippen LogP contribution in [0.15, 0.2) is 24.3 Å². The minimum absolute atomic E-state index is 0.602. The van der Waals surface area contributed by atoms with Gasteiger partial charge in [-0.1, -0.05) is 19.9 Å². The van der Waals surface area contributed by atoms with Crippen molar-refractivity contribution >= 4 is 16.6 Å². The van der Waals surface area contributed by atoms with Crippen LogP contribution >= 0.6 is 0 Å². The molecule has 90 valence electrons. The van der Waals surface area contributed by atoms with Crippen LogP contribution in [0.25, 0.3) is 10.9 Å². The summed E-state index contributed by atoms with van der Waals surface area (Å²) in [5.74, 6) is 0.602. The molecule has 0 amide bonds. The van der Waals surface area contributed by atoms with Crippen LogP contribution in [0.4, 0.5) is 5.69 Å². The van der Waals surface area contributed by atoms with Crippen molar-refractivity contribution in [3.63, 3.8) is 0 Å². The van der Waals surface area contributed by atoms with E-state index in [0.717, 1.165) is 16.9 Å². The van der Waals surface area contributed by atoms with Crippen molar-refractivity contribution in [2.45, 2.75) is 33.1 Å². The highest BCUT2D eigenvalue weighted by molar-refractivity contribution is 5.92. The summed E-state index contributed by atoms with van der Waals surface area (Å²) in [6, 6.07) is 8.69. The second-order valence-electron chi connectivity index (χ2n) is 4.65. The van der Waals surface area contributed by atoms with Gasteiger partial charge in [0.2, 0.25) is 0 Å². The van der Waals surface area contributed by atoms with Crippen LogP contribution in [0, 0.1) is 6.92 Å². The topological polar surface area (TPSA) is 24.9 Å². The molecule has 0 bridgehead atoms. The van der Waals surface area contributed by atoms with Crippen LogP contribution in [0.2, 0.25) is 0 Å². The number of nitrogens with one attached hydrogen (secondary N) is 1. The Bertz CT molecular complexity index is 532.